The van der Waals surface area contributed by atoms with Crippen molar-refractivity contribution in [2.24, 2.45) is 7.05 Å². The molecule has 1 fully saturated rings. The molecule has 4 nitrogen and oxygen atoms in total. The number of amides is 1. The summed E-state index contributed by atoms with van der Waals surface area (Å²) in [7, 11) is 1.98. The van der Waals surface area contributed by atoms with Crippen LogP contribution < -0.4 is 0 Å². The van der Waals surface area contributed by atoms with Crippen LogP contribution in [0.3, 0.4) is 0 Å². The molecule has 0 radical (unpaired) electrons. The third-order valence-electron chi connectivity index (χ3n) is 5.99. The summed E-state index contributed by atoms with van der Waals surface area (Å²) in [5.74, 6) is 0.253. The number of hydrogen-bond donors (Lipinski definition) is 0. The highest BCUT2D eigenvalue weighted by Crippen LogP contribution is 2.36. The molecular formula is C21H27N3O. The van der Waals surface area contributed by atoms with Crippen LogP contribution in [-0.4, -0.2) is 27.1 Å². The van der Waals surface area contributed by atoms with Crippen molar-refractivity contribution in [2.45, 2.75) is 58.4 Å². The highest BCUT2D eigenvalue weighted by Gasteiger charge is 2.33. The van der Waals surface area contributed by atoms with Crippen LogP contribution in [0.15, 0.2) is 18.2 Å². The van der Waals surface area contributed by atoms with Crippen LogP contribution in [0.1, 0.15) is 58.9 Å². The van der Waals surface area contributed by atoms with E-state index in [2.05, 4.69) is 42.0 Å². The van der Waals surface area contributed by atoms with Gasteiger partial charge in [0.05, 0.1) is 18.2 Å². The highest BCUT2D eigenvalue weighted by molar-refractivity contribution is 5.79. The predicted octanol–water partition coefficient (Wildman–Crippen LogP) is 3.43. The number of nitrogens with zero attached hydrogens (tertiary/aromatic N) is 3. The Morgan fingerprint density at radius 3 is 2.76 bits per heavy atom. The van der Waals surface area contributed by atoms with Crippen molar-refractivity contribution in [3.8, 4) is 0 Å². The van der Waals surface area contributed by atoms with Crippen LogP contribution in [0, 0.1) is 13.8 Å². The molecule has 1 amide bonds. The number of likely N-dealkylation sites (tertiary alicyclic amines) is 1. The molecule has 1 aromatic heterocycles. The number of rotatable bonds is 3. The smallest absolute Gasteiger partial charge is 0.227 e. The first kappa shape index (κ1) is 16.4. The van der Waals surface area contributed by atoms with E-state index in [9.17, 15) is 4.79 Å². The fourth-order valence-corrected chi connectivity index (χ4v) is 4.65. The molecule has 4 rings (SSSR count). The zero-order valence-corrected chi connectivity index (χ0v) is 15.5. The third-order valence-corrected chi connectivity index (χ3v) is 5.99. The summed E-state index contributed by atoms with van der Waals surface area (Å²) in [4.78, 5) is 15.1. The molecule has 25 heavy (non-hydrogen) atoms. The highest BCUT2D eigenvalue weighted by atomic mass is 16.2. The molecule has 2 aliphatic rings. The van der Waals surface area contributed by atoms with Crippen molar-refractivity contribution in [3.05, 3.63) is 51.8 Å². The van der Waals surface area contributed by atoms with Crippen molar-refractivity contribution >= 4 is 5.91 Å². The third kappa shape index (κ3) is 2.88. The summed E-state index contributed by atoms with van der Waals surface area (Å²) >= 11 is 0. The molecule has 0 N–H and O–H groups in total. The average Bonchev–Trinajstić information content (AvgIpc) is 3.27. The summed E-state index contributed by atoms with van der Waals surface area (Å²) in [6, 6.07) is 6.82. The van der Waals surface area contributed by atoms with Crippen LogP contribution in [0.25, 0.3) is 0 Å². The van der Waals surface area contributed by atoms with Gasteiger partial charge in [0.15, 0.2) is 0 Å². The van der Waals surface area contributed by atoms with Gasteiger partial charge >= 0.3 is 0 Å². The lowest BCUT2D eigenvalue weighted by atomic mass is 10.0. The molecule has 0 spiro atoms. The fraction of sp³-hybridized carbons (Fsp3) is 0.524. The van der Waals surface area contributed by atoms with Gasteiger partial charge in [0.2, 0.25) is 5.91 Å². The van der Waals surface area contributed by atoms with Gasteiger partial charge in [0, 0.05) is 24.8 Å². The van der Waals surface area contributed by atoms with Gasteiger partial charge in [0.25, 0.3) is 0 Å². The topological polar surface area (TPSA) is 38.1 Å². The summed E-state index contributed by atoms with van der Waals surface area (Å²) in [6.07, 6.45) is 6.25. The van der Waals surface area contributed by atoms with E-state index in [0.29, 0.717) is 6.42 Å². The van der Waals surface area contributed by atoms with Crippen molar-refractivity contribution < 1.29 is 4.79 Å². The van der Waals surface area contributed by atoms with Gasteiger partial charge in [-0.15, -0.1) is 0 Å². The predicted molar refractivity (Wildman–Crippen MR) is 98.5 cm³/mol. The van der Waals surface area contributed by atoms with Crippen LogP contribution in [-0.2, 0) is 31.1 Å². The van der Waals surface area contributed by atoms with E-state index in [0.717, 1.165) is 37.1 Å². The van der Waals surface area contributed by atoms with Gasteiger partial charge in [0.1, 0.15) is 0 Å². The number of aromatic nitrogens is 2. The standard InChI is InChI=1S/C21H27N3O/c1-14-21(15(2)23(3)22-14)19-8-5-11-24(19)20(25)13-16-9-10-17-6-4-7-18(17)12-16/h9-10,12,19H,4-8,11,13H2,1-3H3/t19-/m0/s1. The largest absolute Gasteiger partial charge is 0.335 e. The maximum atomic E-state index is 13.0. The number of aryl methyl sites for hydroxylation is 4. The van der Waals surface area contributed by atoms with Crippen LogP contribution in [0.5, 0.6) is 0 Å². The number of carbonyl (C=O) groups is 1. The SMILES string of the molecule is Cc1nn(C)c(C)c1[C@@H]1CCCN1C(=O)Cc1ccc2c(c1)CCC2. The molecule has 2 aromatic rings. The Morgan fingerprint density at radius 1 is 1.20 bits per heavy atom. The second-order valence-electron chi connectivity index (χ2n) is 7.59. The second-order valence-corrected chi connectivity index (χ2v) is 7.59. The van der Waals surface area contributed by atoms with E-state index in [1.54, 1.807) is 0 Å². The second kappa shape index (κ2) is 6.32. The van der Waals surface area contributed by atoms with Crippen molar-refractivity contribution in [1.82, 2.24) is 14.7 Å². The van der Waals surface area contributed by atoms with Crippen LogP contribution >= 0.6 is 0 Å². The first-order chi connectivity index (χ1) is 12.0. The van der Waals surface area contributed by atoms with Gasteiger partial charge < -0.3 is 4.90 Å². The maximum absolute atomic E-state index is 13.0. The molecule has 1 aliphatic heterocycles. The minimum atomic E-state index is 0.190. The Morgan fingerprint density at radius 2 is 2.00 bits per heavy atom. The van der Waals surface area contributed by atoms with Crippen LogP contribution in [0.2, 0.25) is 0 Å². The first-order valence-corrected chi connectivity index (χ1v) is 9.45. The average molecular weight is 337 g/mol. The lowest BCUT2D eigenvalue weighted by Gasteiger charge is -2.25. The zero-order chi connectivity index (χ0) is 17.6. The maximum Gasteiger partial charge on any atom is 0.227 e. The Bertz CT molecular complexity index is 821. The van der Waals surface area contributed by atoms with Gasteiger partial charge in [-0.3, -0.25) is 9.48 Å². The number of carbonyl (C=O) groups excluding carboxylic acids is 1. The van der Waals surface area contributed by atoms with E-state index in [1.165, 1.54) is 35.2 Å². The quantitative estimate of drug-likeness (QED) is 0.860. The van der Waals surface area contributed by atoms with E-state index in [1.807, 2.05) is 11.7 Å². The van der Waals surface area contributed by atoms with Crippen LogP contribution in [0.4, 0.5) is 0 Å². The fourth-order valence-electron chi connectivity index (χ4n) is 4.65. The van der Waals surface area contributed by atoms with Gasteiger partial charge in [-0.25, -0.2) is 0 Å². The van der Waals surface area contributed by atoms with Gasteiger partial charge in [-0.2, -0.15) is 5.10 Å². The Hall–Kier alpha value is -2.10. The molecule has 2 heterocycles. The van der Waals surface area contributed by atoms with E-state index >= 15 is 0 Å². The number of fused-ring (bicyclic) bond motifs is 1. The van der Waals surface area contributed by atoms with E-state index in [-0.39, 0.29) is 11.9 Å². The minimum Gasteiger partial charge on any atom is -0.335 e. The van der Waals surface area contributed by atoms with Crippen molar-refractivity contribution in [1.29, 1.82) is 0 Å². The molecular weight excluding hydrogens is 310 g/mol. The Balaban J connectivity index is 1.55. The Kier molecular flexibility index (Phi) is 4.14. The summed E-state index contributed by atoms with van der Waals surface area (Å²) in [5.41, 5.74) is 7.57. The molecule has 1 aromatic carbocycles. The van der Waals surface area contributed by atoms with E-state index < -0.39 is 0 Å². The molecule has 1 atom stereocenters. The lowest BCUT2D eigenvalue weighted by Crippen LogP contribution is -2.32. The van der Waals surface area contributed by atoms with Gasteiger partial charge in [-0.05, 0) is 62.6 Å². The van der Waals surface area contributed by atoms with Gasteiger partial charge in [-0.1, -0.05) is 18.2 Å². The zero-order valence-electron chi connectivity index (χ0n) is 15.5. The number of hydrogen-bond acceptors (Lipinski definition) is 2. The number of benzene rings is 1. The normalized spacial score (nSPS) is 19.5. The summed E-state index contributed by atoms with van der Waals surface area (Å²) in [5, 5.41) is 4.55. The molecule has 132 valence electrons. The molecule has 0 unspecified atom stereocenters. The monoisotopic (exact) mass is 337 g/mol. The first-order valence-electron chi connectivity index (χ1n) is 9.45. The lowest BCUT2D eigenvalue weighted by molar-refractivity contribution is -0.131. The van der Waals surface area contributed by atoms with E-state index in [4.69, 9.17) is 0 Å². The molecule has 0 bridgehead atoms. The molecule has 4 heteroatoms. The van der Waals surface area contributed by atoms with Crippen molar-refractivity contribution in [3.63, 3.8) is 0 Å². The summed E-state index contributed by atoms with van der Waals surface area (Å²) < 4.78 is 1.94. The molecule has 1 saturated heterocycles. The Labute approximate surface area is 149 Å². The molecule has 0 saturated carbocycles. The van der Waals surface area contributed by atoms with Crippen molar-refractivity contribution in [2.75, 3.05) is 6.54 Å². The summed E-state index contributed by atoms with van der Waals surface area (Å²) in [6.45, 7) is 5.03. The molecule has 1 aliphatic carbocycles. The minimum absolute atomic E-state index is 0.190.